The van der Waals surface area contributed by atoms with Crippen molar-refractivity contribution in [2.24, 2.45) is 0 Å². The van der Waals surface area contributed by atoms with Crippen LogP contribution in [0.3, 0.4) is 0 Å². The Morgan fingerprint density at radius 3 is 2.26 bits per heavy atom. The van der Waals surface area contributed by atoms with Crippen LogP contribution in [-0.2, 0) is 6.42 Å². The van der Waals surface area contributed by atoms with Crippen LogP contribution in [0.15, 0.2) is 53.0 Å². The lowest BCUT2D eigenvalue weighted by molar-refractivity contribution is 0.101. The summed E-state index contributed by atoms with van der Waals surface area (Å²) in [6, 6.07) is 15.6. The van der Waals surface area contributed by atoms with Gasteiger partial charge in [0.25, 0.3) is 0 Å². The maximum Gasteiger partial charge on any atom is 0.181 e. The van der Waals surface area contributed by atoms with Gasteiger partial charge in [0.1, 0.15) is 0 Å². The molecule has 0 heterocycles. The summed E-state index contributed by atoms with van der Waals surface area (Å²) >= 11 is 3.36. The second kappa shape index (κ2) is 6.53. The van der Waals surface area contributed by atoms with Crippen LogP contribution in [0.4, 0.5) is 5.69 Å². The van der Waals surface area contributed by atoms with Crippen LogP contribution in [0.1, 0.15) is 22.8 Å². The van der Waals surface area contributed by atoms with Gasteiger partial charge in [-0.15, -0.1) is 0 Å². The van der Waals surface area contributed by atoms with Gasteiger partial charge < -0.3 is 5.32 Å². The minimum Gasteiger partial charge on any atom is -0.378 e. The summed E-state index contributed by atoms with van der Waals surface area (Å²) in [6.07, 6.45) is 1.03. The Kier molecular flexibility index (Phi) is 4.74. The number of carbonyl (C=O) groups excluding carboxylic acids is 1. The molecule has 0 amide bonds. The van der Waals surface area contributed by atoms with E-state index in [0.717, 1.165) is 22.1 Å². The van der Waals surface area contributed by atoms with Gasteiger partial charge in [0.15, 0.2) is 5.78 Å². The Hall–Kier alpha value is -1.61. The second-order valence-corrected chi connectivity index (χ2v) is 5.25. The number of halogens is 1. The summed E-state index contributed by atoms with van der Waals surface area (Å²) in [6.45, 7) is 2.44. The first kappa shape index (κ1) is 13.8. The molecule has 0 radical (unpaired) electrons. The van der Waals surface area contributed by atoms with Gasteiger partial charge in [-0.05, 0) is 36.2 Å². The number of nitrogens with one attached hydrogen (secondary N) is 1. The summed E-state index contributed by atoms with van der Waals surface area (Å²) < 4.78 is 0.979. The molecule has 0 bridgehead atoms. The van der Waals surface area contributed by atoms with E-state index in [2.05, 4.69) is 40.3 Å². The van der Waals surface area contributed by atoms with Crippen LogP contribution in [0.25, 0.3) is 0 Å². The molecule has 0 saturated heterocycles. The van der Waals surface area contributed by atoms with E-state index < -0.39 is 0 Å². The van der Waals surface area contributed by atoms with Crippen LogP contribution < -0.4 is 5.32 Å². The third-order valence-corrected chi connectivity index (χ3v) is 3.51. The largest absolute Gasteiger partial charge is 0.378 e. The molecule has 2 nitrogen and oxygen atoms in total. The van der Waals surface area contributed by atoms with E-state index in [1.807, 2.05) is 36.4 Å². The monoisotopic (exact) mass is 317 g/mol. The van der Waals surface area contributed by atoms with E-state index >= 15 is 0 Å². The molecule has 2 aromatic carbocycles. The second-order valence-electron chi connectivity index (χ2n) is 4.33. The highest BCUT2D eigenvalue weighted by atomic mass is 79.9. The zero-order valence-corrected chi connectivity index (χ0v) is 12.4. The summed E-state index contributed by atoms with van der Waals surface area (Å²) in [7, 11) is 0. The maximum absolute atomic E-state index is 12.0. The van der Waals surface area contributed by atoms with Gasteiger partial charge in [-0.25, -0.2) is 0 Å². The molecule has 0 aromatic heterocycles. The molecule has 98 valence electrons. The van der Waals surface area contributed by atoms with Gasteiger partial charge in [-0.2, -0.15) is 0 Å². The Balaban J connectivity index is 1.94. The predicted octanol–water partition coefficient (Wildman–Crippen LogP) is 4.31. The van der Waals surface area contributed by atoms with E-state index in [4.69, 9.17) is 0 Å². The summed E-state index contributed by atoms with van der Waals surface area (Å²) in [5.41, 5.74) is 2.99. The number of hydrogen-bond donors (Lipinski definition) is 1. The number of anilines is 1. The molecule has 0 aliphatic heterocycles. The average Bonchev–Trinajstić information content (AvgIpc) is 2.46. The number of rotatable bonds is 5. The maximum atomic E-state index is 12.0. The van der Waals surface area contributed by atoms with Crippen LogP contribution in [-0.4, -0.2) is 12.3 Å². The van der Waals surface area contributed by atoms with Crippen LogP contribution in [0, 0.1) is 0 Å². The molecule has 1 N–H and O–H groups in total. The van der Waals surface area contributed by atoms with Crippen molar-refractivity contribution >= 4 is 27.4 Å². The van der Waals surface area contributed by atoms with Crippen molar-refractivity contribution in [1.29, 1.82) is 0 Å². The third kappa shape index (κ3) is 3.93. The minimum absolute atomic E-state index is 0.0899. The zero-order valence-electron chi connectivity index (χ0n) is 10.8. The topological polar surface area (TPSA) is 29.1 Å². The van der Waals surface area contributed by atoms with Crippen molar-refractivity contribution in [2.75, 3.05) is 11.9 Å². The normalized spacial score (nSPS) is 10.2. The molecular formula is C16H16BrNO. The lowest BCUT2D eigenvalue weighted by Gasteiger charge is -2.06. The van der Waals surface area contributed by atoms with Gasteiger partial charge in [0, 0.05) is 15.7 Å². The van der Waals surface area contributed by atoms with Crippen molar-refractivity contribution in [3.05, 3.63) is 64.1 Å². The molecule has 3 heteroatoms. The molecule has 0 fully saturated rings. The van der Waals surface area contributed by atoms with E-state index in [0.29, 0.717) is 6.54 Å². The fraction of sp³-hybridized carbons (Fsp3) is 0.188. The first-order chi connectivity index (χ1) is 9.19. The molecule has 19 heavy (non-hydrogen) atoms. The molecule has 0 aliphatic rings. The number of ketones is 1. The minimum atomic E-state index is 0.0899. The molecule has 2 rings (SSSR count). The van der Waals surface area contributed by atoms with Crippen molar-refractivity contribution in [1.82, 2.24) is 0 Å². The molecule has 0 atom stereocenters. The Labute approximate surface area is 122 Å². The molecule has 2 aromatic rings. The summed E-state index contributed by atoms with van der Waals surface area (Å²) in [4.78, 5) is 12.0. The highest BCUT2D eigenvalue weighted by molar-refractivity contribution is 9.10. The van der Waals surface area contributed by atoms with Gasteiger partial charge >= 0.3 is 0 Å². The van der Waals surface area contributed by atoms with Gasteiger partial charge in [0.05, 0.1) is 6.54 Å². The smallest absolute Gasteiger partial charge is 0.181 e. The molecular weight excluding hydrogens is 302 g/mol. The highest BCUT2D eigenvalue weighted by Crippen LogP contribution is 2.12. The summed E-state index contributed by atoms with van der Waals surface area (Å²) in [5, 5.41) is 3.15. The van der Waals surface area contributed by atoms with Crippen molar-refractivity contribution < 1.29 is 4.79 Å². The number of aryl methyl sites for hydroxylation is 1. The lowest BCUT2D eigenvalue weighted by atomic mass is 10.1. The quantitative estimate of drug-likeness (QED) is 0.833. The number of carbonyl (C=O) groups is 1. The predicted molar refractivity (Wildman–Crippen MR) is 82.8 cm³/mol. The molecule has 0 spiro atoms. The van der Waals surface area contributed by atoms with E-state index in [1.165, 1.54) is 5.56 Å². The number of hydrogen-bond acceptors (Lipinski definition) is 2. The molecule has 0 unspecified atom stereocenters. The fourth-order valence-electron chi connectivity index (χ4n) is 1.78. The van der Waals surface area contributed by atoms with Crippen molar-refractivity contribution in [3.63, 3.8) is 0 Å². The zero-order chi connectivity index (χ0) is 13.7. The van der Waals surface area contributed by atoms with Crippen LogP contribution in [0.2, 0.25) is 0 Å². The highest BCUT2D eigenvalue weighted by Gasteiger charge is 2.05. The SMILES string of the molecule is CCc1ccc(NCC(=O)c2ccc(Br)cc2)cc1. The molecule has 0 aliphatic carbocycles. The first-order valence-electron chi connectivity index (χ1n) is 6.30. The van der Waals surface area contributed by atoms with Crippen LogP contribution >= 0.6 is 15.9 Å². The fourth-order valence-corrected chi connectivity index (χ4v) is 2.04. The van der Waals surface area contributed by atoms with Gasteiger partial charge in [0.2, 0.25) is 0 Å². The first-order valence-corrected chi connectivity index (χ1v) is 7.10. The van der Waals surface area contributed by atoms with Gasteiger partial charge in [-0.1, -0.05) is 47.1 Å². The molecule has 0 saturated carbocycles. The Morgan fingerprint density at radius 1 is 1.05 bits per heavy atom. The van der Waals surface area contributed by atoms with Gasteiger partial charge in [-0.3, -0.25) is 4.79 Å². The van der Waals surface area contributed by atoms with Crippen LogP contribution in [0.5, 0.6) is 0 Å². The lowest BCUT2D eigenvalue weighted by Crippen LogP contribution is -2.13. The third-order valence-electron chi connectivity index (χ3n) is 2.98. The number of Topliss-reactive ketones (excluding diaryl/α,β-unsaturated/α-hetero) is 1. The standard InChI is InChI=1S/C16H16BrNO/c1-2-12-3-9-15(10-4-12)18-11-16(19)13-5-7-14(17)8-6-13/h3-10,18H,2,11H2,1H3. The van der Waals surface area contributed by atoms with E-state index in [-0.39, 0.29) is 5.78 Å². The average molecular weight is 318 g/mol. The Bertz CT molecular complexity index is 546. The van der Waals surface area contributed by atoms with Crippen molar-refractivity contribution in [3.8, 4) is 0 Å². The van der Waals surface area contributed by atoms with E-state index in [9.17, 15) is 4.79 Å². The summed E-state index contributed by atoms with van der Waals surface area (Å²) in [5.74, 6) is 0.0899. The van der Waals surface area contributed by atoms with Crippen molar-refractivity contribution in [2.45, 2.75) is 13.3 Å². The number of benzene rings is 2. The van der Waals surface area contributed by atoms with E-state index in [1.54, 1.807) is 0 Å². The Morgan fingerprint density at radius 2 is 1.68 bits per heavy atom.